The predicted molar refractivity (Wildman–Crippen MR) is 121 cm³/mol. The first-order valence-electron chi connectivity index (χ1n) is 10.7. The molecule has 1 heterocycles. The molecule has 0 aliphatic carbocycles. The number of imidazole rings is 1. The van der Waals surface area contributed by atoms with E-state index in [1.807, 2.05) is 0 Å². The minimum absolute atomic E-state index is 0.0215. The Kier molecular flexibility index (Phi) is 9.56. The van der Waals surface area contributed by atoms with E-state index in [0.717, 1.165) is 0 Å². The summed E-state index contributed by atoms with van der Waals surface area (Å²) in [6.07, 6.45) is 3.01. The fourth-order valence-electron chi connectivity index (χ4n) is 3.03. The van der Waals surface area contributed by atoms with Crippen molar-refractivity contribution in [2.45, 2.75) is 44.8 Å². The van der Waals surface area contributed by atoms with E-state index in [2.05, 4.69) is 25.9 Å². The van der Waals surface area contributed by atoms with E-state index in [-0.39, 0.29) is 24.5 Å². The van der Waals surface area contributed by atoms with E-state index in [0.29, 0.717) is 11.3 Å². The first kappa shape index (κ1) is 26.3. The standard InChI is InChI=1S/C22H30N6O6/c1-12(2)19(23)22(34)28-17(8-14-9-24-11-26-14)21(33)27-16(20(32)25-10-18(30)31)7-13-3-5-15(29)6-4-13/h3-6,9,11-12,16-17,19,29H,7-8,10,23H2,1-2H3,(H,24,26)(H,25,32)(H,27,33)(H,28,34)(H,30,31). The number of carboxylic acid groups (broad SMARTS) is 1. The van der Waals surface area contributed by atoms with Gasteiger partial charge in [-0.25, -0.2) is 4.98 Å². The molecule has 2 aromatic rings. The summed E-state index contributed by atoms with van der Waals surface area (Å²) < 4.78 is 0. The van der Waals surface area contributed by atoms with E-state index in [9.17, 15) is 24.3 Å². The summed E-state index contributed by atoms with van der Waals surface area (Å²) in [4.78, 5) is 56.0. The molecule has 0 bridgehead atoms. The number of carbonyl (C=O) groups is 4. The number of rotatable bonds is 12. The topological polar surface area (TPSA) is 200 Å². The molecule has 3 amide bonds. The molecule has 0 radical (unpaired) electrons. The number of hydrogen-bond acceptors (Lipinski definition) is 7. The molecule has 2 rings (SSSR count). The minimum Gasteiger partial charge on any atom is -0.508 e. The molecule has 0 fully saturated rings. The number of phenols is 1. The maximum atomic E-state index is 13.2. The maximum Gasteiger partial charge on any atom is 0.322 e. The highest BCUT2D eigenvalue weighted by atomic mass is 16.4. The highest BCUT2D eigenvalue weighted by molar-refractivity contribution is 5.94. The van der Waals surface area contributed by atoms with Crippen LogP contribution in [0, 0.1) is 5.92 Å². The molecule has 0 aliphatic heterocycles. The van der Waals surface area contributed by atoms with E-state index in [4.69, 9.17) is 10.8 Å². The van der Waals surface area contributed by atoms with Gasteiger partial charge in [0.05, 0.1) is 12.4 Å². The highest BCUT2D eigenvalue weighted by Gasteiger charge is 2.29. The van der Waals surface area contributed by atoms with Crippen molar-refractivity contribution >= 4 is 23.7 Å². The number of carboxylic acids is 1. The Morgan fingerprint density at radius 2 is 1.62 bits per heavy atom. The number of nitrogens with zero attached hydrogens (tertiary/aromatic N) is 1. The number of benzene rings is 1. The third kappa shape index (κ3) is 8.20. The molecule has 3 unspecified atom stereocenters. The number of aromatic amines is 1. The quantitative estimate of drug-likeness (QED) is 0.204. The first-order chi connectivity index (χ1) is 16.1. The largest absolute Gasteiger partial charge is 0.508 e. The Labute approximate surface area is 196 Å². The van der Waals surface area contributed by atoms with Gasteiger partial charge in [-0.2, -0.15) is 0 Å². The van der Waals surface area contributed by atoms with Crippen molar-refractivity contribution in [1.29, 1.82) is 0 Å². The van der Waals surface area contributed by atoms with Gasteiger partial charge < -0.3 is 36.9 Å². The number of amides is 3. The maximum absolute atomic E-state index is 13.2. The molecule has 12 heteroatoms. The Hall–Kier alpha value is -3.93. The van der Waals surface area contributed by atoms with Crippen LogP contribution in [0.5, 0.6) is 5.75 Å². The normalized spacial score (nSPS) is 13.5. The van der Waals surface area contributed by atoms with Gasteiger partial charge in [0.1, 0.15) is 24.4 Å². The van der Waals surface area contributed by atoms with Gasteiger partial charge in [-0.05, 0) is 23.6 Å². The molecule has 34 heavy (non-hydrogen) atoms. The molecule has 1 aromatic carbocycles. The lowest BCUT2D eigenvalue weighted by molar-refractivity contribution is -0.138. The van der Waals surface area contributed by atoms with Crippen molar-refractivity contribution in [2.75, 3.05) is 6.54 Å². The Balaban J connectivity index is 2.22. The van der Waals surface area contributed by atoms with Gasteiger partial charge in [-0.3, -0.25) is 19.2 Å². The zero-order chi connectivity index (χ0) is 25.3. The van der Waals surface area contributed by atoms with Gasteiger partial charge >= 0.3 is 5.97 Å². The number of hydrogen-bond donors (Lipinski definition) is 7. The zero-order valence-corrected chi connectivity index (χ0v) is 18.9. The lowest BCUT2D eigenvalue weighted by atomic mass is 10.0. The average molecular weight is 475 g/mol. The van der Waals surface area contributed by atoms with Crippen molar-refractivity contribution in [3.05, 3.63) is 48.0 Å². The van der Waals surface area contributed by atoms with Gasteiger partial charge in [0.25, 0.3) is 0 Å². The van der Waals surface area contributed by atoms with Crippen LogP contribution in [0.1, 0.15) is 25.1 Å². The molecule has 12 nitrogen and oxygen atoms in total. The van der Waals surface area contributed by atoms with Crippen LogP contribution < -0.4 is 21.7 Å². The van der Waals surface area contributed by atoms with Crippen molar-refractivity contribution in [2.24, 2.45) is 11.7 Å². The Morgan fingerprint density at radius 1 is 1.00 bits per heavy atom. The van der Waals surface area contributed by atoms with Crippen LogP contribution in [-0.2, 0) is 32.0 Å². The van der Waals surface area contributed by atoms with E-state index in [1.54, 1.807) is 26.0 Å². The van der Waals surface area contributed by atoms with Crippen LogP contribution in [0.2, 0.25) is 0 Å². The van der Waals surface area contributed by atoms with Crippen LogP contribution in [0.4, 0.5) is 0 Å². The third-order valence-corrected chi connectivity index (χ3v) is 5.06. The fraction of sp³-hybridized carbons (Fsp3) is 0.409. The van der Waals surface area contributed by atoms with Crippen LogP contribution >= 0.6 is 0 Å². The Bertz CT molecular complexity index is 976. The van der Waals surface area contributed by atoms with Crippen LogP contribution in [-0.4, -0.2) is 68.5 Å². The molecule has 0 saturated heterocycles. The number of nitrogens with two attached hydrogens (primary N) is 1. The molecule has 0 aliphatic rings. The van der Waals surface area contributed by atoms with Gasteiger partial charge in [-0.1, -0.05) is 26.0 Å². The summed E-state index contributed by atoms with van der Waals surface area (Å²) >= 11 is 0. The molecule has 0 spiro atoms. The van der Waals surface area contributed by atoms with Crippen molar-refractivity contribution in [1.82, 2.24) is 25.9 Å². The second-order valence-electron chi connectivity index (χ2n) is 8.16. The molecular weight excluding hydrogens is 444 g/mol. The average Bonchev–Trinajstić information content (AvgIpc) is 3.30. The Morgan fingerprint density at radius 3 is 2.18 bits per heavy atom. The van der Waals surface area contributed by atoms with Crippen LogP contribution in [0.15, 0.2) is 36.8 Å². The van der Waals surface area contributed by atoms with Crippen LogP contribution in [0.3, 0.4) is 0 Å². The van der Waals surface area contributed by atoms with Gasteiger partial charge in [0, 0.05) is 24.7 Å². The highest BCUT2D eigenvalue weighted by Crippen LogP contribution is 2.12. The molecule has 1 aromatic heterocycles. The van der Waals surface area contributed by atoms with Crippen molar-refractivity contribution in [3.8, 4) is 5.75 Å². The number of H-pyrrole nitrogens is 1. The number of aliphatic carboxylic acids is 1. The summed E-state index contributed by atoms with van der Waals surface area (Å²) in [5.74, 6) is -3.28. The molecule has 0 saturated carbocycles. The number of aromatic hydroxyl groups is 1. The second kappa shape index (κ2) is 12.3. The van der Waals surface area contributed by atoms with Gasteiger partial charge in [-0.15, -0.1) is 0 Å². The third-order valence-electron chi connectivity index (χ3n) is 5.06. The lowest BCUT2D eigenvalue weighted by Crippen LogP contribution is -2.57. The minimum atomic E-state index is -1.24. The first-order valence-corrected chi connectivity index (χ1v) is 10.7. The van der Waals surface area contributed by atoms with E-state index >= 15 is 0 Å². The van der Waals surface area contributed by atoms with Gasteiger partial charge in [0.15, 0.2) is 0 Å². The summed E-state index contributed by atoms with van der Waals surface area (Å²) in [6.45, 7) is 2.92. The van der Waals surface area contributed by atoms with Crippen LogP contribution in [0.25, 0.3) is 0 Å². The molecular formula is C22H30N6O6. The van der Waals surface area contributed by atoms with Crippen molar-refractivity contribution < 1.29 is 29.4 Å². The molecule has 184 valence electrons. The predicted octanol–water partition coefficient (Wildman–Crippen LogP) is -0.946. The van der Waals surface area contributed by atoms with E-state index in [1.165, 1.54) is 24.7 Å². The number of aromatic nitrogens is 2. The summed E-state index contributed by atoms with van der Waals surface area (Å²) in [5, 5.41) is 25.8. The smallest absolute Gasteiger partial charge is 0.322 e. The number of phenolic OH excluding ortho intramolecular Hbond substituents is 1. The van der Waals surface area contributed by atoms with Crippen molar-refractivity contribution in [3.63, 3.8) is 0 Å². The SMILES string of the molecule is CC(C)C(N)C(=O)NC(Cc1cnc[nH]1)C(=O)NC(Cc1ccc(O)cc1)C(=O)NCC(=O)O. The monoisotopic (exact) mass is 474 g/mol. The second-order valence-corrected chi connectivity index (χ2v) is 8.16. The lowest BCUT2D eigenvalue weighted by Gasteiger charge is -2.24. The number of carbonyl (C=O) groups excluding carboxylic acids is 3. The summed E-state index contributed by atoms with van der Waals surface area (Å²) in [5.41, 5.74) is 7.10. The van der Waals surface area contributed by atoms with Gasteiger partial charge in [0.2, 0.25) is 17.7 Å². The fourth-order valence-corrected chi connectivity index (χ4v) is 3.03. The number of nitrogens with one attached hydrogen (secondary N) is 4. The zero-order valence-electron chi connectivity index (χ0n) is 18.9. The summed E-state index contributed by atoms with van der Waals surface area (Å²) in [7, 11) is 0. The summed E-state index contributed by atoms with van der Waals surface area (Å²) in [6, 6.07) is 2.94. The molecule has 8 N–H and O–H groups in total. The molecule has 3 atom stereocenters. The van der Waals surface area contributed by atoms with E-state index < -0.39 is 48.4 Å².